The third-order valence-electron chi connectivity index (χ3n) is 4.54. The lowest BCUT2D eigenvalue weighted by Crippen LogP contribution is -2.37. The van der Waals surface area contributed by atoms with Crippen LogP contribution in [0.15, 0.2) is 0 Å². The fourth-order valence-electron chi connectivity index (χ4n) is 3.27. The predicted octanol–water partition coefficient (Wildman–Crippen LogP) is 3.73. The summed E-state index contributed by atoms with van der Waals surface area (Å²) in [6, 6.07) is 0.958. The lowest BCUT2D eigenvalue weighted by Gasteiger charge is -2.32. The molecule has 0 amide bonds. The zero-order valence-electron chi connectivity index (χ0n) is 10.8. The standard InChI is InChI=1S/C13H27NSi/c1-15(2,3)13-9-10-14(11-13)12-7-5-4-6-8-12/h12-13H,4-11H2,1-3H3. The van der Waals surface area contributed by atoms with Crippen LogP contribution in [0, 0.1) is 0 Å². The minimum Gasteiger partial charge on any atom is -0.300 e. The van der Waals surface area contributed by atoms with E-state index in [9.17, 15) is 0 Å². The summed E-state index contributed by atoms with van der Waals surface area (Å²) in [6.07, 6.45) is 8.92. The van der Waals surface area contributed by atoms with Crippen LogP contribution in [0.4, 0.5) is 0 Å². The van der Waals surface area contributed by atoms with Crippen LogP contribution in [0.1, 0.15) is 38.5 Å². The molecule has 1 aliphatic carbocycles. The van der Waals surface area contributed by atoms with Crippen LogP contribution in [-0.4, -0.2) is 32.1 Å². The molecule has 1 heterocycles. The summed E-state index contributed by atoms with van der Waals surface area (Å²) in [6.45, 7) is 10.5. The van der Waals surface area contributed by atoms with E-state index in [1.807, 2.05) is 0 Å². The fraction of sp³-hybridized carbons (Fsp3) is 1.00. The van der Waals surface area contributed by atoms with Crippen molar-refractivity contribution >= 4 is 8.07 Å². The summed E-state index contributed by atoms with van der Waals surface area (Å²) in [5.41, 5.74) is 1.07. The Bertz CT molecular complexity index is 203. The van der Waals surface area contributed by atoms with Crippen LogP contribution in [0.2, 0.25) is 25.2 Å². The monoisotopic (exact) mass is 225 g/mol. The van der Waals surface area contributed by atoms with E-state index < -0.39 is 8.07 Å². The molecule has 1 saturated heterocycles. The number of hydrogen-bond donors (Lipinski definition) is 0. The maximum atomic E-state index is 2.82. The van der Waals surface area contributed by atoms with E-state index >= 15 is 0 Å². The van der Waals surface area contributed by atoms with E-state index in [0.29, 0.717) is 0 Å². The second-order valence-corrected chi connectivity index (χ2v) is 12.2. The molecular formula is C13H27NSi. The summed E-state index contributed by atoms with van der Waals surface area (Å²) in [5, 5.41) is 0. The highest BCUT2D eigenvalue weighted by atomic mass is 28.3. The SMILES string of the molecule is C[Si](C)(C)C1CCN(C2CCCCC2)C1. The van der Waals surface area contributed by atoms with E-state index in [1.165, 1.54) is 51.6 Å². The van der Waals surface area contributed by atoms with E-state index in [-0.39, 0.29) is 0 Å². The van der Waals surface area contributed by atoms with Gasteiger partial charge in [-0.2, -0.15) is 0 Å². The van der Waals surface area contributed by atoms with E-state index in [1.54, 1.807) is 0 Å². The van der Waals surface area contributed by atoms with Gasteiger partial charge < -0.3 is 4.90 Å². The van der Waals surface area contributed by atoms with Crippen molar-refractivity contribution in [1.29, 1.82) is 0 Å². The van der Waals surface area contributed by atoms with Gasteiger partial charge in [-0.05, 0) is 37.9 Å². The van der Waals surface area contributed by atoms with Crippen molar-refractivity contribution in [3.8, 4) is 0 Å². The molecule has 2 heteroatoms. The van der Waals surface area contributed by atoms with Crippen LogP contribution < -0.4 is 0 Å². The minimum atomic E-state index is -0.871. The van der Waals surface area contributed by atoms with Gasteiger partial charge in [-0.3, -0.25) is 0 Å². The maximum Gasteiger partial charge on any atom is 0.0487 e. The van der Waals surface area contributed by atoms with Crippen molar-refractivity contribution in [2.75, 3.05) is 13.1 Å². The third kappa shape index (κ3) is 2.85. The molecule has 1 atom stereocenters. The molecule has 0 bridgehead atoms. The van der Waals surface area contributed by atoms with Crippen molar-refractivity contribution in [2.45, 2.75) is 69.7 Å². The number of nitrogens with zero attached hydrogens (tertiary/aromatic N) is 1. The van der Waals surface area contributed by atoms with Gasteiger partial charge >= 0.3 is 0 Å². The van der Waals surface area contributed by atoms with E-state index in [4.69, 9.17) is 0 Å². The van der Waals surface area contributed by atoms with Gasteiger partial charge in [0.25, 0.3) is 0 Å². The molecule has 2 fully saturated rings. The fourth-order valence-corrected chi connectivity index (χ4v) is 5.05. The molecule has 1 aliphatic heterocycles. The number of rotatable bonds is 2. The largest absolute Gasteiger partial charge is 0.300 e. The quantitative estimate of drug-likeness (QED) is 0.647. The van der Waals surface area contributed by atoms with Crippen molar-refractivity contribution in [1.82, 2.24) is 4.90 Å². The van der Waals surface area contributed by atoms with Crippen molar-refractivity contribution < 1.29 is 0 Å². The number of likely N-dealkylation sites (tertiary alicyclic amines) is 1. The molecule has 88 valence electrons. The zero-order valence-corrected chi connectivity index (χ0v) is 11.8. The van der Waals surface area contributed by atoms with Crippen LogP contribution >= 0.6 is 0 Å². The highest BCUT2D eigenvalue weighted by Crippen LogP contribution is 2.35. The Kier molecular flexibility index (Phi) is 3.56. The zero-order chi connectivity index (χ0) is 10.9. The molecule has 1 saturated carbocycles. The summed E-state index contributed by atoms with van der Waals surface area (Å²) in [5.74, 6) is 0. The Morgan fingerprint density at radius 3 is 2.13 bits per heavy atom. The van der Waals surface area contributed by atoms with E-state index in [0.717, 1.165) is 11.6 Å². The Morgan fingerprint density at radius 2 is 1.60 bits per heavy atom. The van der Waals surface area contributed by atoms with Gasteiger partial charge in [-0.15, -0.1) is 0 Å². The maximum absolute atomic E-state index is 2.82. The van der Waals surface area contributed by atoms with Crippen molar-refractivity contribution in [3.05, 3.63) is 0 Å². The molecule has 15 heavy (non-hydrogen) atoms. The van der Waals surface area contributed by atoms with Crippen LogP contribution in [0.5, 0.6) is 0 Å². The first-order valence-corrected chi connectivity index (χ1v) is 10.4. The van der Waals surface area contributed by atoms with Gasteiger partial charge in [0.05, 0.1) is 0 Å². The Hall–Kier alpha value is 0.177. The second kappa shape index (κ2) is 4.58. The molecule has 1 unspecified atom stereocenters. The molecule has 0 spiro atoms. The number of hydrogen-bond acceptors (Lipinski definition) is 1. The smallest absolute Gasteiger partial charge is 0.0487 e. The molecule has 1 nitrogen and oxygen atoms in total. The molecule has 0 N–H and O–H groups in total. The molecule has 2 rings (SSSR count). The Morgan fingerprint density at radius 1 is 0.933 bits per heavy atom. The molecule has 0 aromatic rings. The van der Waals surface area contributed by atoms with Gasteiger partial charge in [-0.1, -0.05) is 38.9 Å². The van der Waals surface area contributed by atoms with Crippen LogP contribution in [0.3, 0.4) is 0 Å². The highest BCUT2D eigenvalue weighted by Gasteiger charge is 2.35. The summed E-state index contributed by atoms with van der Waals surface area (Å²) in [4.78, 5) is 2.82. The van der Waals surface area contributed by atoms with Crippen LogP contribution in [-0.2, 0) is 0 Å². The van der Waals surface area contributed by atoms with Gasteiger partial charge in [0.2, 0.25) is 0 Å². The second-order valence-electron chi connectivity index (χ2n) is 6.64. The van der Waals surface area contributed by atoms with E-state index in [2.05, 4.69) is 24.5 Å². The van der Waals surface area contributed by atoms with Gasteiger partial charge in [0.1, 0.15) is 0 Å². The molecule has 0 radical (unpaired) electrons. The first-order chi connectivity index (χ1) is 7.07. The normalized spacial score (nSPS) is 31.0. The summed E-state index contributed by atoms with van der Waals surface area (Å²) in [7, 11) is -0.871. The summed E-state index contributed by atoms with van der Waals surface area (Å²) >= 11 is 0. The average Bonchev–Trinajstić information content (AvgIpc) is 2.67. The highest BCUT2D eigenvalue weighted by molar-refractivity contribution is 6.77. The Labute approximate surface area is 96.2 Å². The lowest BCUT2D eigenvalue weighted by atomic mass is 9.94. The average molecular weight is 225 g/mol. The molecule has 2 aliphatic rings. The van der Waals surface area contributed by atoms with Gasteiger partial charge in [0.15, 0.2) is 0 Å². The first kappa shape index (κ1) is 11.7. The van der Waals surface area contributed by atoms with Crippen LogP contribution in [0.25, 0.3) is 0 Å². The molecular weight excluding hydrogens is 198 g/mol. The third-order valence-corrected chi connectivity index (χ3v) is 7.46. The van der Waals surface area contributed by atoms with Gasteiger partial charge in [0, 0.05) is 14.1 Å². The predicted molar refractivity (Wildman–Crippen MR) is 70.2 cm³/mol. The molecule has 0 aromatic carbocycles. The van der Waals surface area contributed by atoms with Gasteiger partial charge in [-0.25, -0.2) is 0 Å². The van der Waals surface area contributed by atoms with Crippen molar-refractivity contribution in [3.63, 3.8) is 0 Å². The van der Waals surface area contributed by atoms with Crippen molar-refractivity contribution in [2.24, 2.45) is 0 Å². The summed E-state index contributed by atoms with van der Waals surface area (Å²) < 4.78 is 0. The Balaban J connectivity index is 1.86. The molecule has 0 aromatic heterocycles. The first-order valence-electron chi connectivity index (χ1n) is 6.81. The lowest BCUT2D eigenvalue weighted by molar-refractivity contribution is 0.191. The minimum absolute atomic E-state index is 0.871. The topological polar surface area (TPSA) is 3.24 Å².